The third kappa shape index (κ3) is 5.27. The SMILES string of the molecule is CCOC(=O)Nc1sc(NC(=O)c2cc(-c3ccc(C)cc3)on2)nc1-c1ccc(C)cc1. The highest BCUT2D eigenvalue weighted by Crippen LogP contribution is 2.36. The lowest BCUT2D eigenvalue weighted by molar-refractivity contribution is 0.101. The second-order valence-electron chi connectivity index (χ2n) is 7.30. The minimum atomic E-state index is -0.591. The van der Waals surface area contributed by atoms with E-state index in [4.69, 9.17) is 9.26 Å². The lowest BCUT2D eigenvalue weighted by Crippen LogP contribution is -2.12. The number of rotatable bonds is 6. The van der Waals surface area contributed by atoms with E-state index in [0.29, 0.717) is 21.6 Å². The molecule has 168 valence electrons. The van der Waals surface area contributed by atoms with Crippen LogP contribution in [0.2, 0.25) is 0 Å². The number of aryl methyl sites for hydroxylation is 2. The second-order valence-corrected chi connectivity index (χ2v) is 8.30. The maximum Gasteiger partial charge on any atom is 0.412 e. The Balaban J connectivity index is 1.57. The molecule has 4 aromatic rings. The molecular formula is C24H22N4O4S. The number of nitrogens with one attached hydrogen (secondary N) is 2. The molecule has 2 aromatic heterocycles. The number of ether oxygens (including phenoxy) is 1. The van der Waals surface area contributed by atoms with Gasteiger partial charge in [-0.3, -0.25) is 15.4 Å². The van der Waals surface area contributed by atoms with E-state index >= 15 is 0 Å². The van der Waals surface area contributed by atoms with Crippen LogP contribution in [-0.4, -0.2) is 28.7 Å². The minimum absolute atomic E-state index is 0.123. The monoisotopic (exact) mass is 462 g/mol. The summed E-state index contributed by atoms with van der Waals surface area (Å²) in [6, 6.07) is 17.0. The van der Waals surface area contributed by atoms with E-state index < -0.39 is 12.0 Å². The molecule has 0 saturated carbocycles. The van der Waals surface area contributed by atoms with Crippen LogP contribution in [0.1, 0.15) is 28.5 Å². The fourth-order valence-corrected chi connectivity index (χ4v) is 3.89. The Bertz CT molecular complexity index is 1280. The van der Waals surface area contributed by atoms with Gasteiger partial charge in [0.1, 0.15) is 10.7 Å². The summed E-state index contributed by atoms with van der Waals surface area (Å²) in [7, 11) is 0. The standard InChI is InChI=1S/C24H22N4O4S/c1-4-31-24(30)27-22-20(17-11-7-15(3)8-12-17)25-23(33-22)26-21(29)18-13-19(32-28-18)16-9-5-14(2)6-10-16/h5-13H,4H2,1-3H3,(H,27,30)(H,25,26,29). The van der Waals surface area contributed by atoms with Crippen LogP contribution in [0, 0.1) is 13.8 Å². The predicted molar refractivity (Wildman–Crippen MR) is 128 cm³/mol. The molecule has 9 heteroatoms. The van der Waals surface area contributed by atoms with E-state index in [9.17, 15) is 9.59 Å². The third-order valence-electron chi connectivity index (χ3n) is 4.74. The van der Waals surface area contributed by atoms with Gasteiger partial charge in [0.25, 0.3) is 5.91 Å². The summed E-state index contributed by atoms with van der Waals surface area (Å²) >= 11 is 1.13. The van der Waals surface area contributed by atoms with Crippen LogP contribution in [0.25, 0.3) is 22.6 Å². The first-order valence-electron chi connectivity index (χ1n) is 10.3. The summed E-state index contributed by atoms with van der Waals surface area (Å²) in [4.78, 5) is 29.3. The van der Waals surface area contributed by atoms with Crippen LogP contribution >= 0.6 is 11.3 Å². The van der Waals surface area contributed by atoms with Gasteiger partial charge in [-0.05, 0) is 20.8 Å². The molecule has 8 nitrogen and oxygen atoms in total. The number of nitrogens with zero attached hydrogens (tertiary/aromatic N) is 2. The molecule has 4 rings (SSSR count). The summed E-state index contributed by atoms with van der Waals surface area (Å²) < 4.78 is 10.3. The van der Waals surface area contributed by atoms with Gasteiger partial charge in [-0.2, -0.15) is 0 Å². The van der Waals surface area contributed by atoms with Crippen LogP contribution in [0.4, 0.5) is 14.9 Å². The summed E-state index contributed by atoms with van der Waals surface area (Å²) in [5.74, 6) is 0.0216. The number of hydrogen-bond donors (Lipinski definition) is 2. The quantitative estimate of drug-likeness (QED) is 0.369. The summed E-state index contributed by atoms with van der Waals surface area (Å²) in [5.41, 5.74) is 4.49. The zero-order valence-corrected chi connectivity index (χ0v) is 19.2. The maximum absolute atomic E-state index is 12.8. The van der Waals surface area contributed by atoms with E-state index in [2.05, 4.69) is 20.8 Å². The smallest absolute Gasteiger partial charge is 0.412 e. The van der Waals surface area contributed by atoms with Gasteiger partial charge in [-0.15, -0.1) is 0 Å². The van der Waals surface area contributed by atoms with Gasteiger partial charge >= 0.3 is 6.09 Å². The van der Waals surface area contributed by atoms with Gasteiger partial charge in [0, 0.05) is 17.2 Å². The number of amides is 2. The summed E-state index contributed by atoms with van der Waals surface area (Å²) in [6.07, 6.45) is -0.591. The number of hydrogen-bond acceptors (Lipinski definition) is 7. The van der Waals surface area contributed by atoms with Crippen molar-refractivity contribution in [1.29, 1.82) is 0 Å². The minimum Gasteiger partial charge on any atom is -0.450 e. The number of aromatic nitrogens is 2. The lowest BCUT2D eigenvalue weighted by atomic mass is 10.1. The molecule has 2 amide bonds. The topological polar surface area (TPSA) is 106 Å². The molecule has 0 aliphatic carbocycles. The summed E-state index contributed by atoms with van der Waals surface area (Å²) in [6.45, 7) is 5.94. The van der Waals surface area contributed by atoms with Crippen molar-refractivity contribution in [3.8, 4) is 22.6 Å². The van der Waals surface area contributed by atoms with Crippen molar-refractivity contribution in [2.45, 2.75) is 20.8 Å². The number of carbonyl (C=O) groups excluding carboxylic acids is 2. The molecule has 0 bridgehead atoms. The molecule has 0 unspecified atom stereocenters. The van der Waals surface area contributed by atoms with E-state index in [1.807, 2.05) is 62.4 Å². The number of thiazole rings is 1. The zero-order chi connectivity index (χ0) is 23.4. The van der Waals surface area contributed by atoms with Crippen molar-refractivity contribution in [2.75, 3.05) is 17.2 Å². The van der Waals surface area contributed by atoms with Gasteiger partial charge in [0.05, 0.1) is 6.61 Å². The number of benzene rings is 2. The van der Waals surface area contributed by atoms with Crippen molar-refractivity contribution in [3.63, 3.8) is 0 Å². The molecule has 2 N–H and O–H groups in total. The van der Waals surface area contributed by atoms with Crippen LogP contribution in [0.3, 0.4) is 0 Å². The average Bonchev–Trinajstić information content (AvgIpc) is 3.43. The van der Waals surface area contributed by atoms with E-state index in [0.717, 1.165) is 33.6 Å². The first-order valence-corrected chi connectivity index (χ1v) is 11.1. The Labute approximate surface area is 194 Å². The van der Waals surface area contributed by atoms with E-state index in [-0.39, 0.29) is 12.3 Å². The van der Waals surface area contributed by atoms with Crippen molar-refractivity contribution in [2.24, 2.45) is 0 Å². The van der Waals surface area contributed by atoms with Gasteiger partial charge in [0.2, 0.25) is 0 Å². The fourth-order valence-electron chi connectivity index (χ4n) is 3.02. The molecule has 0 aliphatic heterocycles. The van der Waals surface area contributed by atoms with Crippen molar-refractivity contribution >= 4 is 33.5 Å². The number of anilines is 2. The first kappa shape index (κ1) is 22.2. The highest BCUT2D eigenvalue weighted by Gasteiger charge is 2.20. The van der Waals surface area contributed by atoms with E-state index in [1.54, 1.807) is 13.0 Å². The third-order valence-corrected chi connectivity index (χ3v) is 5.63. The number of carbonyl (C=O) groups is 2. The molecule has 0 spiro atoms. The Kier molecular flexibility index (Phi) is 6.50. The Morgan fingerprint density at radius 3 is 2.24 bits per heavy atom. The molecule has 2 aromatic carbocycles. The molecule has 0 saturated heterocycles. The molecule has 0 aliphatic rings. The van der Waals surface area contributed by atoms with Crippen LogP contribution in [0.15, 0.2) is 59.1 Å². The average molecular weight is 463 g/mol. The zero-order valence-electron chi connectivity index (χ0n) is 18.3. The van der Waals surface area contributed by atoms with Gasteiger partial charge in [-0.1, -0.05) is 76.2 Å². The van der Waals surface area contributed by atoms with Crippen LogP contribution in [0.5, 0.6) is 0 Å². The lowest BCUT2D eigenvalue weighted by Gasteiger charge is -2.05. The normalized spacial score (nSPS) is 10.6. The summed E-state index contributed by atoms with van der Waals surface area (Å²) in [5, 5.41) is 10.1. The largest absolute Gasteiger partial charge is 0.450 e. The molecule has 0 atom stereocenters. The molecule has 2 heterocycles. The molecule has 33 heavy (non-hydrogen) atoms. The fraction of sp³-hybridized carbons (Fsp3) is 0.167. The first-order chi connectivity index (χ1) is 15.9. The molecule has 0 radical (unpaired) electrons. The molecular weight excluding hydrogens is 440 g/mol. The van der Waals surface area contributed by atoms with Gasteiger partial charge in [-0.25, -0.2) is 9.78 Å². The van der Waals surface area contributed by atoms with Crippen molar-refractivity contribution < 1.29 is 18.8 Å². The van der Waals surface area contributed by atoms with Crippen molar-refractivity contribution in [3.05, 3.63) is 71.4 Å². The van der Waals surface area contributed by atoms with Crippen LogP contribution in [-0.2, 0) is 4.74 Å². The highest BCUT2D eigenvalue weighted by molar-refractivity contribution is 7.20. The Morgan fingerprint density at radius 1 is 0.970 bits per heavy atom. The highest BCUT2D eigenvalue weighted by atomic mass is 32.1. The van der Waals surface area contributed by atoms with Crippen molar-refractivity contribution in [1.82, 2.24) is 10.1 Å². The van der Waals surface area contributed by atoms with Gasteiger partial charge < -0.3 is 9.26 Å². The Hall–Kier alpha value is -3.98. The second kappa shape index (κ2) is 9.66. The van der Waals surface area contributed by atoms with E-state index in [1.165, 1.54) is 0 Å². The maximum atomic E-state index is 12.8. The molecule has 0 fully saturated rings. The van der Waals surface area contributed by atoms with Crippen LogP contribution < -0.4 is 10.6 Å². The predicted octanol–water partition coefficient (Wildman–Crippen LogP) is 5.90. The Morgan fingerprint density at radius 2 is 1.61 bits per heavy atom. The van der Waals surface area contributed by atoms with Gasteiger partial charge in [0.15, 0.2) is 16.6 Å².